The quantitative estimate of drug-likeness (QED) is 0.0408. The largest absolute Gasteiger partial charge is 0.480 e. The van der Waals surface area contributed by atoms with Gasteiger partial charge < -0.3 is 15.2 Å². The SMILES string of the molecule is CC/C=C\C/C=C\C/C=C\C/C=C\C(CCCCCC(=O)NCC(=O)O)OC(=O)CCCCCCCCCCCCCCCCCC. The van der Waals surface area contributed by atoms with E-state index in [1.54, 1.807) is 0 Å². The predicted molar refractivity (Wildman–Crippen MR) is 198 cm³/mol. The smallest absolute Gasteiger partial charge is 0.322 e. The lowest BCUT2D eigenvalue weighted by molar-refractivity contribution is -0.147. The lowest BCUT2D eigenvalue weighted by Crippen LogP contribution is -2.28. The second-order valence-electron chi connectivity index (χ2n) is 12.8. The van der Waals surface area contributed by atoms with E-state index in [0.717, 1.165) is 57.8 Å². The average molecular weight is 658 g/mol. The van der Waals surface area contributed by atoms with E-state index in [0.29, 0.717) is 19.3 Å². The van der Waals surface area contributed by atoms with Gasteiger partial charge in [0.1, 0.15) is 12.6 Å². The normalized spacial score (nSPS) is 12.6. The molecule has 0 bridgehead atoms. The Kier molecular flexibility index (Phi) is 34.2. The first-order chi connectivity index (χ1) is 23.0. The molecule has 0 rings (SSSR count). The summed E-state index contributed by atoms with van der Waals surface area (Å²) in [7, 11) is 0. The standard InChI is InChI=1S/C41H71NO5/c1-3-5-7-9-11-13-15-16-17-18-19-21-23-25-27-32-36-41(46)47-38(34-30-28-31-35-39(43)42-37-40(44)45)33-29-26-24-22-20-14-12-10-8-6-4-2/h6,8,12,14,22,24,29,33,38H,3-5,7,9-11,13,15-21,23,25-28,30-32,34-37H2,1-2H3,(H,42,43)(H,44,45)/b8-6-,14-12-,24-22-,33-29-. The molecule has 0 aliphatic rings. The fraction of sp³-hybridized carbons (Fsp3) is 0.732. The average Bonchev–Trinajstić information content (AvgIpc) is 3.05. The lowest BCUT2D eigenvalue weighted by Gasteiger charge is -2.14. The van der Waals surface area contributed by atoms with Crippen LogP contribution in [0.1, 0.15) is 181 Å². The van der Waals surface area contributed by atoms with E-state index < -0.39 is 5.97 Å². The monoisotopic (exact) mass is 658 g/mol. The molecule has 0 spiro atoms. The van der Waals surface area contributed by atoms with Gasteiger partial charge in [0.25, 0.3) is 0 Å². The van der Waals surface area contributed by atoms with E-state index >= 15 is 0 Å². The van der Waals surface area contributed by atoms with Gasteiger partial charge in [-0.05, 0) is 57.4 Å². The van der Waals surface area contributed by atoms with E-state index in [-0.39, 0.29) is 24.5 Å². The number of unbranched alkanes of at least 4 members (excludes halogenated alkanes) is 17. The molecule has 1 atom stereocenters. The molecule has 0 aromatic rings. The van der Waals surface area contributed by atoms with Gasteiger partial charge in [0, 0.05) is 12.8 Å². The second kappa shape index (κ2) is 36.2. The van der Waals surface area contributed by atoms with E-state index in [9.17, 15) is 14.4 Å². The fourth-order valence-electron chi connectivity index (χ4n) is 5.42. The van der Waals surface area contributed by atoms with Crippen molar-refractivity contribution in [3.63, 3.8) is 0 Å². The van der Waals surface area contributed by atoms with Crippen molar-refractivity contribution in [3.05, 3.63) is 48.6 Å². The van der Waals surface area contributed by atoms with Gasteiger partial charge in [0.15, 0.2) is 0 Å². The molecule has 0 radical (unpaired) electrons. The summed E-state index contributed by atoms with van der Waals surface area (Å²) in [6.45, 7) is 4.06. The van der Waals surface area contributed by atoms with Crippen molar-refractivity contribution in [3.8, 4) is 0 Å². The number of nitrogens with one attached hydrogen (secondary N) is 1. The molecule has 1 unspecified atom stereocenters. The third-order valence-corrected chi connectivity index (χ3v) is 8.25. The minimum Gasteiger partial charge on any atom is -0.480 e. The highest BCUT2D eigenvalue weighted by Crippen LogP contribution is 2.16. The van der Waals surface area contributed by atoms with Crippen molar-refractivity contribution in [1.82, 2.24) is 5.32 Å². The number of carboxylic acid groups (broad SMARTS) is 1. The zero-order chi connectivity index (χ0) is 34.5. The number of ether oxygens (including phenoxy) is 1. The molecule has 6 heteroatoms. The molecule has 270 valence electrons. The third kappa shape index (κ3) is 36.1. The molecule has 1 amide bonds. The molecule has 0 fully saturated rings. The number of aliphatic carboxylic acids is 1. The summed E-state index contributed by atoms with van der Waals surface area (Å²) in [5.41, 5.74) is 0. The highest BCUT2D eigenvalue weighted by Gasteiger charge is 2.12. The van der Waals surface area contributed by atoms with Crippen molar-refractivity contribution in [2.75, 3.05) is 6.54 Å². The van der Waals surface area contributed by atoms with Crippen LogP contribution >= 0.6 is 0 Å². The van der Waals surface area contributed by atoms with Gasteiger partial charge in [0.05, 0.1) is 0 Å². The Bertz CT molecular complexity index is 860. The van der Waals surface area contributed by atoms with Gasteiger partial charge in [-0.25, -0.2) is 0 Å². The lowest BCUT2D eigenvalue weighted by atomic mass is 10.0. The number of carboxylic acids is 1. The van der Waals surface area contributed by atoms with Crippen LogP contribution in [0.3, 0.4) is 0 Å². The molecule has 2 N–H and O–H groups in total. The Morgan fingerprint density at radius 1 is 0.574 bits per heavy atom. The summed E-state index contributed by atoms with van der Waals surface area (Å²) in [5, 5.41) is 11.1. The van der Waals surface area contributed by atoms with Crippen LogP contribution in [-0.4, -0.2) is 35.6 Å². The fourth-order valence-corrected chi connectivity index (χ4v) is 5.42. The maximum absolute atomic E-state index is 12.6. The second-order valence-corrected chi connectivity index (χ2v) is 12.8. The number of allylic oxidation sites excluding steroid dienone is 7. The Labute approximate surface area is 289 Å². The third-order valence-electron chi connectivity index (χ3n) is 8.25. The van der Waals surface area contributed by atoms with Gasteiger partial charge in [-0.3, -0.25) is 14.4 Å². The van der Waals surface area contributed by atoms with E-state index in [1.165, 1.54) is 89.9 Å². The maximum atomic E-state index is 12.6. The Balaban J connectivity index is 4.23. The number of hydrogen-bond donors (Lipinski definition) is 2. The molecule has 47 heavy (non-hydrogen) atoms. The van der Waals surface area contributed by atoms with Crippen LogP contribution in [0, 0.1) is 0 Å². The minimum absolute atomic E-state index is 0.129. The van der Waals surface area contributed by atoms with E-state index in [4.69, 9.17) is 9.84 Å². The Hall–Kier alpha value is -2.63. The van der Waals surface area contributed by atoms with Crippen molar-refractivity contribution in [2.45, 2.75) is 187 Å². The molecular weight excluding hydrogens is 586 g/mol. The summed E-state index contributed by atoms with van der Waals surface area (Å²) in [6, 6.07) is 0. The van der Waals surface area contributed by atoms with Gasteiger partial charge >= 0.3 is 11.9 Å². The molecule has 0 aliphatic carbocycles. The molecule has 0 aromatic carbocycles. The minimum atomic E-state index is -1.04. The van der Waals surface area contributed by atoms with Crippen molar-refractivity contribution < 1.29 is 24.2 Å². The van der Waals surface area contributed by atoms with E-state index in [1.807, 2.05) is 6.08 Å². The van der Waals surface area contributed by atoms with Gasteiger partial charge in [-0.15, -0.1) is 0 Å². The molecule has 6 nitrogen and oxygen atoms in total. The first-order valence-electron chi connectivity index (χ1n) is 19.3. The van der Waals surface area contributed by atoms with Crippen LogP contribution in [-0.2, 0) is 19.1 Å². The van der Waals surface area contributed by atoms with Gasteiger partial charge in [-0.2, -0.15) is 0 Å². The number of carbonyl (C=O) groups excluding carboxylic acids is 2. The van der Waals surface area contributed by atoms with E-state index in [2.05, 4.69) is 61.7 Å². The molecule has 0 aromatic heterocycles. The number of amides is 1. The number of rotatable bonds is 34. The molecule has 0 heterocycles. The van der Waals surface area contributed by atoms with Crippen LogP contribution < -0.4 is 5.32 Å². The summed E-state index contributed by atoms with van der Waals surface area (Å²) in [6.07, 6.45) is 45.3. The first kappa shape index (κ1) is 44.4. The summed E-state index contributed by atoms with van der Waals surface area (Å²) in [5.74, 6) is -1.41. The summed E-state index contributed by atoms with van der Waals surface area (Å²) in [4.78, 5) is 35.0. The van der Waals surface area contributed by atoms with Crippen LogP contribution in [0.4, 0.5) is 0 Å². The van der Waals surface area contributed by atoms with Crippen LogP contribution in [0.15, 0.2) is 48.6 Å². The molecule has 0 saturated carbocycles. The van der Waals surface area contributed by atoms with Crippen LogP contribution in [0.2, 0.25) is 0 Å². The maximum Gasteiger partial charge on any atom is 0.322 e. The van der Waals surface area contributed by atoms with Gasteiger partial charge in [-0.1, -0.05) is 159 Å². The summed E-state index contributed by atoms with van der Waals surface area (Å²) >= 11 is 0. The zero-order valence-electron chi connectivity index (χ0n) is 30.4. The predicted octanol–water partition coefficient (Wildman–Crippen LogP) is 11.5. The van der Waals surface area contributed by atoms with Crippen LogP contribution in [0.5, 0.6) is 0 Å². The topological polar surface area (TPSA) is 92.7 Å². The Morgan fingerprint density at radius 2 is 1.02 bits per heavy atom. The summed E-state index contributed by atoms with van der Waals surface area (Å²) < 4.78 is 5.85. The van der Waals surface area contributed by atoms with Crippen molar-refractivity contribution >= 4 is 17.8 Å². The number of esters is 1. The molecular formula is C41H71NO5. The molecule has 0 aliphatic heterocycles. The van der Waals surface area contributed by atoms with Crippen LogP contribution in [0.25, 0.3) is 0 Å². The van der Waals surface area contributed by atoms with Crippen molar-refractivity contribution in [2.24, 2.45) is 0 Å². The van der Waals surface area contributed by atoms with Crippen molar-refractivity contribution in [1.29, 1.82) is 0 Å². The highest BCUT2D eigenvalue weighted by atomic mass is 16.5. The number of hydrogen-bond acceptors (Lipinski definition) is 4. The Morgan fingerprint density at radius 3 is 1.53 bits per heavy atom. The van der Waals surface area contributed by atoms with Gasteiger partial charge in [0.2, 0.25) is 5.91 Å². The first-order valence-corrected chi connectivity index (χ1v) is 19.3. The highest BCUT2D eigenvalue weighted by molar-refractivity contribution is 5.80. The zero-order valence-corrected chi connectivity index (χ0v) is 30.4. The number of carbonyl (C=O) groups is 3. The molecule has 0 saturated heterocycles.